The molecule has 0 bridgehead atoms. The summed E-state index contributed by atoms with van der Waals surface area (Å²) >= 11 is 5.64. The van der Waals surface area contributed by atoms with Gasteiger partial charge in [-0.25, -0.2) is 4.98 Å². The van der Waals surface area contributed by atoms with E-state index in [9.17, 15) is 0 Å². The lowest BCUT2D eigenvalue weighted by Crippen LogP contribution is -2.10. The van der Waals surface area contributed by atoms with Crippen molar-refractivity contribution in [2.75, 3.05) is 12.3 Å². The normalized spacial score (nSPS) is 12.5. The molecular weight excluding hydrogens is 214 g/mol. The molecule has 15 heavy (non-hydrogen) atoms. The predicted octanol–water partition coefficient (Wildman–Crippen LogP) is 2.53. The smallest absolute Gasteiger partial charge is 0.241 e. The van der Waals surface area contributed by atoms with E-state index in [2.05, 4.69) is 23.8 Å². The number of hydrogen-bond acceptors (Lipinski definition) is 4. The van der Waals surface area contributed by atoms with Gasteiger partial charge in [0.15, 0.2) is 0 Å². The molecule has 0 amide bonds. The van der Waals surface area contributed by atoms with Gasteiger partial charge in [-0.05, 0) is 23.9 Å². The summed E-state index contributed by atoms with van der Waals surface area (Å²) < 4.78 is 5.47. The van der Waals surface area contributed by atoms with Crippen LogP contribution in [0.3, 0.4) is 0 Å². The molecule has 1 unspecified atom stereocenters. The SMILES string of the molecule is CCCC(C)COc1nc(Cl)ncc1N. The van der Waals surface area contributed by atoms with Crippen molar-refractivity contribution in [3.8, 4) is 5.88 Å². The Hall–Kier alpha value is -1.03. The van der Waals surface area contributed by atoms with Gasteiger partial charge in [0.05, 0.1) is 12.8 Å². The first-order chi connectivity index (χ1) is 7.13. The molecule has 1 heterocycles. The highest BCUT2D eigenvalue weighted by molar-refractivity contribution is 6.28. The van der Waals surface area contributed by atoms with Crippen molar-refractivity contribution < 1.29 is 4.74 Å². The number of aromatic nitrogens is 2. The van der Waals surface area contributed by atoms with E-state index in [0.717, 1.165) is 12.8 Å². The zero-order chi connectivity index (χ0) is 11.3. The van der Waals surface area contributed by atoms with Crippen molar-refractivity contribution in [1.29, 1.82) is 0 Å². The summed E-state index contributed by atoms with van der Waals surface area (Å²) in [6.07, 6.45) is 3.72. The Morgan fingerprint density at radius 1 is 1.60 bits per heavy atom. The minimum atomic E-state index is 0.155. The average molecular weight is 230 g/mol. The number of anilines is 1. The number of nitrogens with zero attached hydrogens (tertiary/aromatic N) is 2. The summed E-state index contributed by atoms with van der Waals surface area (Å²) in [7, 11) is 0. The Labute approximate surface area is 94.8 Å². The van der Waals surface area contributed by atoms with Crippen LogP contribution in [0.4, 0.5) is 5.69 Å². The van der Waals surface area contributed by atoms with Crippen LogP contribution in [0.5, 0.6) is 5.88 Å². The van der Waals surface area contributed by atoms with Crippen LogP contribution in [0.15, 0.2) is 6.20 Å². The van der Waals surface area contributed by atoms with Crippen molar-refractivity contribution in [2.45, 2.75) is 26.7 Å². The molecule has 0 aliphatic rings. The van der Waals surface area contributed by atoms with E-state index in [1.165, 1.54) is 6.20 Å². The molecule has 0 saturated carbocycles. The van der Waals surface area contributed by atoms with E-state index >= 15 is 0 Å². The molecular formula is C10H16ClN3O. The van der Waals surface area contributed by atoms with Gasteiger partial charge in [-0.2, -0.15) is 4.98 Å². The molecule has 1 atom stereocenters. The third-order valence-electron chi connectivity index (χ3n) is 2.04. The minimum Gasteiger partial charge on any atom is -0.476 e. The maximum absolute atomic E-state index is 5.64. The Morgan fingerprint density at radius 2 is 2.33 bits per heavy atom. The quantitative estimate of drug-likeness (QED) is 0.789. The Bertz CT molecular complexity index is 320. The van der Waals surface area contributed by atoms with E-state index in [4.69, 9.17) is 22.1 Å². The molecule has 0 aromatic carbocycles. The second-order valence-electron chi connectivity index (χ2n) is 3.60. The van der Waals surface area contributed by atoms with E-state index in [1.807, 2.05) is 0 Å². The zero-order valence-electron chi connectivity index (χ0n) is 9.03. The molecule has 1 aromatic rings. The number of hydrogen-bond donors (Lipinski definition) is 1. The number of nitrogen functional groups attached to an aromatic ring is 1. The van der Waals surface area contributed by atoms with Crippen LogP contribution < -0.4 is 10.5 Å². The van der Waals surface area contributed by atoms with Gasteiger partial charge in [-0.1, -0.05) is 20.3 Å². The molecule has 0 fully saturated rings. The lowest BCUT2D eigenvalue weighted by molar-refractivity contribution is 0.244. The highest BCUT2D eigenvalue weighted by atomic mass is 35.5. The summed E-state index contributed by atoms with van der Waals surface area (Å²) in [6.45, 7) is 4.88. The third kappa shape index (κ3) is 3.91. The fourth-order valence-corrected chi connectivity index (χ4v) is 1.39. The van der Waals surface area contributed by atoms with Crippen molar-refractivity contribution in [3.05, 3.63) is 11.5 Å². The molecule has 0 aliphatic heterocycles. The molecule has 5 heteroatoms. The van der Waals surface area contributed by atoms with Crippen LogP contribution in [-0.4, -0.2) is 16.6 Å². The van der Waals surface area contributed by atoms with Crippen LogP contribution in [-0.2, 0) is 0 Å². The van der Waals surface area contributed by atoms with Crippen molar-refractivity contribution in [3.63, 3.8) is 0 Å². The summed E-state index contributed by atoms with van der Waals surface area (Å²) in [6, 6.07) is 0. The Kier molecular flexibility index (Phi) is 4.62. The maximum Gasteiger partial charge on any atom is 0.241 e. The summed E-state index contributed by atoms with van der Waals surface area (Å²) in [5.41, 5.74) is 6.06. The Morgan fingerprint density at radius 3 is 3.00 bits per heavy atom. The van der Waals surface area contributed by atoms with Gasteiger partial charge in [0, 0.05) is 0 Å². The number of halogens is 1. The lowest BCUT2D eigenvalue weighted by atomic mass is 10.1. The third-order valence-corrected chi connectivity index (χ3v) is 2.22. The van der Waals surface area contributed by atoms with Gasteiger partial charge < -0.3 is 10.5 Å². The van der Waals surface area contributed by atoms with Crippen LogP contribution in [0, 0.1) is 5.92 Å². The Balaban J connectivity index is 2.53. The van der Waals surface area contributed by atoms with Gasteiger partial charge in [0.2, 0.25) is 11.2 Å². The molecule has 1 aromatic heterocycles. The number of rotatable bonds is 5. The lowest BCUT2D eigenvalue weighted by Gasteiger charge is -2.12. The van der Waals surface area contributed by atoms with Crippen LogP contribution in [0.25, 0.3) is 0 Å². The van der Waals surface area contributed by atoms with Crippen molar-refractivity contribution >= 4 is 17.3 Å². The predicted molar refractivity (Wildman–Crippen MR) is 61.0 cm³/mol. The monoisotopic (exact) mass is 229 g/mol. The van der Waals surface area contributed by atoms with Crippen LogP contribution in [0.1, 0.15) is 26.7 Å². The number of nitrogens with two attached hydrogens (primary N) is 1. The van der Waals surface area contributed by atoms with E-state index < -0.39 is 0 Å². The minimum absolute atomic E-state index is 0.155. The average Bonchev–Trinajstić information content (AvgIpc) is 2.20. The molecule has 1 rings (SSSR count). The fraction of sp³-hybridized carbons (Fsp3) is 0.600. The molecule has 0 saturated heterocycles. The molecule has 2 N–H and O–H groups in total. The van der Waals surface area contributed by atoms with Crippen LogP contribution in [0.2, 0.25) is 5.28 Å². The first-order valence-electron chi connectivity index (χ1n) is 5.04. The van der Waals surface area contributed by atoms with Gasteiger partial charge in [-0.15, -0.1) is 0 Å². The van der Waals surface area contributed by atoms with Gasteiger partial charge in [-0.3, -0.25) is 0 Å². The number of ether oxygens (including phenoxy) is 1. The van der Waals surface area contributed by atoms with E-state index in [0.29, 0.717) is 24.1 Å². The molecule has 0 aliphatic carbocycles. The van der Waals surface area contributed by atoms with Crippen molar-refractivity contribution in [2.24, 2.45) is 5.92 Å². The molecule has 4 nitrogen and oxygen atoms in total. The van der Waals surface area contributed by atoms with Crippen LogP contribution >= 0.6 is 11.6 Å². The highest BCUT2D eigenvalue weighted by Crippen LogP contribution is 2.19. The zero-order valence-corrected chi connectivity index (χ0v) is 9.79. The largest absolute Gasteiger partial charge is 0.476 e. The maximum atomic E-state index is 5.64. The van der Waals surface area contributed by atoms with Gasteiger partial charge in [0.1, 0.15) is 5.69 Å². The summed E-state index contributed by atoms with van der Waals surface area (Å²) in [5.74, 6) is 0.862. The second-order valence-corrected chi connectivity index (χ2v) is 3.94. The van der Waals surface area contributed by atoms with Gasteiger partial charge in [0.25, 0.3) is 0 Å². The summed E-state index contributed by atoms with van der Waals surface area (Å²) in [5, 5.41) is 0.155. The topological polar surface area (TPSA) is 61.0 Å². The van der Waals surface area contributed by atoms with E-state index in [-0.39, 0.29) is 5.28 Å². The standard InChI is InChI=1S/C10H16ClN3O/c1-3-4-7(2)6-15-9-8(12)5-13-10(11)14-9/h5,7H,3-4,6,12H2,1-2H3. The molecule has 0 radical (unpaired) electrons. The van der Waals surface area contributed by atoms with Gasteiger partial charge >= 0.3 is 0 Å². The fourth-order valence-electron chi connectivity index (χ4n) is 1.27. The molecule has 0 spiro atoms. The highest BCUT2D eigenvalue weighted by Gasteiger charge is 2.07. The second kappa shape index (κ2) is 5.75. The first-order valence-corrected chi connectivity index (χ1v) is 5.42. The summed E-state index contributed by atoms with van der Waals surface area (Å²) in [4.78, 5) is 7.66. The van der Waals surface area contributed by atoms with Crippen molar-refractivity contribution in [1.82, 2.24) is 9.97 Å². The molecule has 84 valence electrons. The van der Waals surface area contributed by atoms with E-state index in [1.54, 1.807) is 0 Å². The first kappa shape index (κ1) is 12.0.